The maximum absolute atomic E-state index is 15.2. The molecule has 36 heavy (non-hydrogen) atoms. The van der Waals surface area contributed by atoms with Crippen LogP contribution >= 0.6 is 0 Å². The Morgan fingerprint density at radius 2 is 1.81 bits per heavy atom. The Kier molecular flexibility index (Phi) is 7.31. The Morgan fingerprint density at radius 3 is 2.44 bits per heavy atom. The van der Waals surface area contributed by atoms with Crippen LogP contribution < -0.4 is 4.74 Å². The number of hydrogen-bond donors (Lipinski definition) is 0. The maximum atomic E-state index is 15.2. The van der Waals surface area contributed by atoms with Gasteiger partial charge >= 0.3 is 0 Å². The Hall–Kier alpha value is -3.46. The van der Waals surface area contributed by atoms with Crippen molar-refractivity contribution >= 4 is 26.7 Å². The van der Waals surface area contributed by atoms with E-state index in [1.54, 1.807) is 41.9 Å². The molecule has 0 saturated heterocycles. The number of aryl methyl sites for hydroxylation is 3. The fraction of sp³-hybridized carbons (Fsp3) is 0.333. The molecule has 190 valence electrons. The van der Waals surface area contributed by atoms with E-state index in [9.17, 15) is 13.2 Å². The number of aromatic nitrogens is 3. The summed E-state index contributed by atoms with van der Waals surface area (Å²) in [6.07, 6.45) is 3.25. The quantitative estimate of drug-likeness (QED) is 0.295. The summed E-state index contributed by atoms with van der Waals surface area (Å²) in [7, 11) is -3.98. The smallest absolute Gasteiger partial charge is 0.268 e. The molecule has 7 nitrogen and oxygen atoms in total. The van der Waals surface area contributed by atoms with Crippen molar-refractivity contribution in [2.24, 2.45) is 0 Å². The average Bonchev–Trinajstić information content (AvgIpc) is 3.34. The molecule has 0 saturated carbocycles. The van der Waals surface area contributed by atoms with Crippen LogP contribution in [0.3, 0.4) is 0 Å². The van der Waals surface area contributed by atoms with Crippen molar-refractivity contribution in [3.63, 3.8) is 0 Å². The largest absolute Gasteiger partial charge is 0.489 e. The summed E-state index contributed by atoms with van der Waals surface area (Å²) in [5.41, 5.74) is 3.32. The van der Waals surface area contributed by atoms with E-state index in [1.807, 2.05) is 26.1 Å². The number of ketones is 1. The van der Waals surface area contributed by atoms with Gasteiger partial charge in [0.2, 0.25) is 0 Å². The van der Waals surface area contributed by atoms with Crippen molar-refractivity contribution in [1.82, 2.24) is 13.8 Å². The molecule has 9 heteroatoms. The van der Waals surface area contributed by atoms with Crippen molar-refractivity contribution in [2.45, 2.75) is 58.4 Å². The van der Waals surface area contributed by atoms with Crippen LogP contribution in [0.25, 0.3) is 10.9 Å². The number of ether oxygens (including phenoxy) is 1. The van der Waals surface area contributed by atoms with Gasteiger partial charge in [-0.05, 0) is 70.4 Å². The number of nitrogens with zero attached hydrogens (tertiary/aromatic N) is 3. The lowest BCUT2D eigenvalue weighted by atomic mass is 10.0. The minimum Gasteiger partial charge on any atom is -0.489 e. The highest BCUT2D eigenvalue weighted by atomic mass is 32.2. The molecule has 2 heterocycles. The highest BCUT2D eigenvalue weighted by molar-refractivity contribution is 7.90. The van der Waals surface area contributed by atoms with E-state index in [0.717, 1.165) is 16.8 Å². The molecule has 0 N–H and O–H groups in total. The van der Waals surface area contributed by atoms with Crippen molar-refractivity contribution in [1.29, 1.82) is 0 Å². The number of rotatable bonds is 10. The minimum absolute atomic E-state index is 0.0454. The number of halogens is 1. The zero-order chi connectivity index (χ0) is 26.0. The number of carbonyl (C=O) groups excluding carboxylic acids is 1. The highest BCUT2D eigenvalue weighted by Gasteiger charge is 2.26. The van der Waals surface area contributed by atoms with Gasteiger partial charge in [0.1, 0.15) is 12.4 Å². The van der Waals surface area contributed by atoms with Gasteiger partial charge in [0.15, 0.2) is 11.6 Å². The third-order valence-corrected chi connectivity index (χ3v) is 8.02. The lowest BCUT2D eigenvalue weighted by Gasteiger charge is -2.12. The molecular weight excluding hydrogens is 481 g/mol. The molecule has 0 radical (unpaired) electrons. The molecule has 4 aromatic rings. The van der Waals surface area contributed by atoms with Gasteiger partial charge in [-0.15, -0.1) is 0 Å². The topological polar surface area (TPSA) is 83.2 Å². The molecule has 4 rings (SSSR count). The van der Waals surface area contributed by atoms with Gasteiger partial charge in [-0.25, -0.2) is 16.8 Å². The third kappa shape index (κ3) is 5.21. The van der Waals surface area contributed by atoms with Crippen LogP contribution in [-0.2, 0) is 27.8 Å². The zero-order valence-corrected chi connectivity index (χ0v) is 21.7. The Bertz CT molecular complexity index is 1520. The monoisotopic (exact) mass is 511 g/mol. The first-order chi connectivity index (χ1) is 17.1. The summed E-state index contributed by atoms with van der Waals surface area (Å²) >= 11 is 0. The van der Waals surface area contributed by atoms with E-state index < -0.39 is 15.8 Å². The number of Topliss-reactive ketones (excluding diaryl/α,β-unsaturated/α-hetero) is 1. The van der Waals surface area contributed by atoms with Crippen LogP contribution in [-0.4, -0.2) is 34.6 Å². The number of fused-ring (bicyclic) bond motifs is 1. The summed E-state index contributed by atoms with van der Waals surface area (Å²) in [4.78, 5) is 11.6. The Morgan fingerprint density at radius 1 is 1.08 bits per heavy atom. The molecule has 0 fully saturated rings. The van der Waals surface area contributed by atoms with Crippen LogP contribution in [0, 0.1) is 26.6 Å². The van der Waals surface area contributed by atoms with Gasteiger partial charge in [-0.2, -0.15) is 5.10 Å². The molecule has 0 atom stereocenters. The number of hydrogen-bond acceptors (Lipinski definition) is 5. The minimum atomic E-state index is -3.98. The van der Waals surface area contributed by atoms with E-state index in [-0.39, 0.29) is 28.6 Å². The molecule has 2 aromatic heterocycles. The van der Waals surface area contributed by atoms with Crippen LogP contribution in [0.4, 0.5) is 4.39 Å². The second kappa shape index (κ2) is 10.3. The molecule has 0 amide bonds. The first kappa shape index (κ1) is 25.6. The summed E-state index contributed by atoms with van der Waals surface area (Å²) in [5.74, 6) is -0.538. The first-order valence-corrected chi connectivity index (χ1v) is 13.3. The molecule has 0 unspecified atom stereocenters. The van der Waals surface area contributed by atoms with Gasteiger partial charge in [-0.3, -0.25) is 4.68 Å². The number of carbonyl (C=O) groups is 1. The van der Waals surface area contributed by atoms with E-state index in [0.29, 0.717) is 36.9 Å². The van der Waals surface area contributed by atoms with Gasteiger partial charge in [0.05, 0.1) is 22.7 Å². The zero-order valence-electron chi connectivity index (χ0n) is 20.9. The van der Waals surface area contributed by atoms with Crippen molar-refractivity contribution < 1.29 is 22.3 Å². The van der Waals surface area contributed by atoms with Gasteiger partial charge < -0.3 is 9.53 Å². The van der Waals surface area contributed by atoms with Crippen molar-refractivity contribution in [3.05, 3.63) is 77.0 Å². The molecule has 0 bridgehead atoms. The second-order valence-electron chi connectivity index (χ2n) is 9.07. The standard InChI is InChI=1S/C27H30FN3O4S/c1-18-8-10-22(11-9-18)36(33,34)31-21(4)23(7-5-6-20(3)32)24-16-27(25(28)17-26(24)31)35-15-14-30-13-12-19(2)29-30/h8-13,16-17H,5-7,14-15H2,1-4H3. The summed E-state index contributed by atoms with van der Waals surface area (Å²) < 4.78 is 51.1. The Labute approximate surface area is 210 Å². The lowest BCUT2D eigenvalue weighted by Crippen LogP contribution is -2.15. The molecule has 0 aliphatic rings. The van der Waals surface area contributed by atoms with E-state index in [2.05, 4.69) is 5.10 Å². The highest BCUT2D eigenvalue weighted by Crippen LogP contribution is 2.35. The fourth-order valence-corrected chi connectivity index (χ4v) is 5.92. The molecular formula is C27H30FN3O4S. The SMILES string of the molecule is CC(=O)CCCc1c(C)n(S(=O)(=O)c2ccc(C)cc2)c2cc(F)c(OCCn3ccc(C)n3)cc12. The summed E-state index contributed by atoms with van der Waals surface area (Å²) in [5, 5.41) is 4.89. The average molecular weight is 512 g/mol. The molecule has 0 spiro atoms. The van der Waals surface area contributed by atoms with Crippen LogP contribution in [0.15, 0.2) is 53.6 Å². The van der Waals surface area contributed by atoms with Gasteiger partial charge in [0.25, 0.3) is 10.0 Å². The van der Waals surface area contributed by atoms with E-state index in [4.69, 9.17) is 4.74 Å². The number of benzene rings is 2. The van der Waals surface area contributed by atoms with E-state index >= 15 is 4.39 Å². The van der Waals surface area contributed by atoms with Crippen molar-refractivity contribution in [2.75, 3.05) is 6.61 Å². The van der Waals surface area contributed by atoms with Gasteiger partial charge in [-0.1, -0.05) is 17.7 Å². The fourth-order valence-electron chi connectivity index (χ4n) is 4.35. The predicted octanol–water partition coefficient (Wildman–Crippen LogP) is 5.13. The molecule has 0 aliphatic carbocycles. The lowest BCUT2D eigenvalue weighted by molar-refractivity contribution is -0.117. The Balaban J connectivity index is 1.76. The van der Waals surface area contributed by atoms with Crippen LogP contribution in [0.5, 0.6) is 5.75 Å². The first-order valence-electron chi connectivity index (χ1n) is 11.9. The normalized spacial score (nSPS) is 11.8. The van der Waals surface area contributed by atoms with Crippen LogP contribution in [0.2, 0.25) is 0 Å². The van der Waals surface area contributed by atoms with Crippen molar-refractivity contribution in [3.8, 4) is 5.75 Å². The second-order valence-corrected chi connectivity index (χ2v) is 10.9. The van der Waals surface area contributed by atoms with E-state index in [1.165, 1.54) is 17.0 Å². The predicted molar refractivity (Wildman–Crippen MR) is 136 cm³/mol. The molecule has 2 aromatic carbocycles. The molecule has 0 aliphatic heterocycles. The summed E-state index contributed by atoms with van der Waals surface area (Å²) in [6, 6.07) is 11.2. The van der Waals surface area contributed by atoms with Crippen LogP contribution in [0.1, 0.15) is 42.3 Å². The summed E-state index contributed by atoms with van der Waals surface area (Å²) in [6.45, 7) is 7.65. The maximum Gasteiger partial charge on any atom is 0.268 e. The third-order valence-electron chi connectivity index (χ3n) is 6.20. The van der Waals surface area contributed by atoms with Gasteiger partial charge in [0, 0.05) is 29.8 Å².